The van der Waals surface area contributed by atoms with E-state index >= 15 is 0 Å². The first kappa shape index (κ1) is 12.2. The summed E-state index contributed by atoms with van der Waals surface area (Å²) in [4.78, 5) is 0. The van der Waals surface area contributed by atoms with Crippen molar-refractivity contribution in [1.29, 1.82) is 6.71 Å². The molecule has 5 heteroatoms. The Labute approximate surface area is 81.2 Å². The van der Waals surface area contributed by atoms with Gasteiger partial charge in [-0.15, -0.1) is 0 Å². The van der Waals surface area contributed by atoms with Crippen molar-refractivity contribution in [2.75, 3.05) is 26.7 Å². The van der Waals surface area contributed by atoms with Crippen molar-refractivity contribution in [2.24, 2.45) is 0 Å². The molecule has 3 nitrogen and oxygen atoms in total. The molecule has 0 N–H and O–H groups in total. The molecule has 0 saturated carbocycles. The number of nitrogens with zero attached hydrogens (tertiary/aromatic N) is 2. The number of hydrogen-bond donors (Lipinski definition) is 0. The molecular formula is C8H16BFN2O+. The van der Waals surface area contributed by atoms with Crippen LogP contribution in [0.25, 0.3) is 0 Å². The van der Waals surface area contributed by atoms with Gasteiger partial charge in [0.15, 0.2) is 0 Å². The van der Waals surface area contributed by atoms with Gasteiger partial charge in [-0.3, -0.25) is 4.72 Å². The molecule has 0 atom stereocenters. The van der Waals surface area contributed by atoms with E-state index in [1.807, 2.05) is 0 Å². The van der Waals surface area contributed by atoms with Crippen LogP contribution in [-0.4, -0.2) is 40.3 Å². The Bertz CT molecular complexity index is 171. The van der Waals surface area contributed by atoms with Crippen molar-refractivity contribution in [2.45, 2.75) is 19.3 Å². The van der Waals surface area contributed by atoms with Crippen LogP contribution in [0.3, 0.4) is 0 Å². The minimum atomic E-state index is 0.719. The number of quaternary nitrogens is 1. The molecule has 73 valence electrons. The molecule has 1 heterocycles. The van der Waals surface area contributed by atoms with Crippen LogP contribution < -0.4 is 0 Å². The van der Waals surface area contributed by atoms with E-state index in [9.17, 15) is 0 Å². The maximum absolute atomic E-state index is 8.75. The summed E-state index contributed by atoms with van der Waals surface area (Å²) in [5, 5.41) is 8.38. The van der Waals surface area contributed by atoms with E-state index in [4.69, 9.17) is 14.7 Å². The average molecular weight is 187 g/mol. The van der Waals surface area contributed by atoms with Crippen molar-refractivity contribution in [3.05, 3.63) is 0 Å². The Morgan fingerprint density at radius 2 is 2.00 bits per heavy atom. The van der Waals surface area contributed by atoms with Crippen LogP contribution in [0.5, 0.6) is 0 Å². The summed E-state index contributed by atoms with van der Waals surface area (Å²) in [5.41, 5.74) is 0. The van der Waals surface area contributed by atoms with Crippen LogP contribution in [0.2, 0.25) is 0 Å². The summed E-state index contributed by atoms with van der Waals surface area (Å²) in [7, 11) is 5.50. The van der Waals surface area contributed by atoms with Gasteiger partial charge in [0.2, 0.25) is 0 Å². The first-order chi connectivity index (χ1) is 6.77. The zero-order valence-corrected chi connectivity index (χ0v) is 8.00. The molecule has 0 amide bonds. The van der Waals surface area contributed by atoms with Crippen LogP contribution in [0.1, 0.15) is 19.3 Å². The van der Waals surface area contributed by atoms with Gasteiger partial charge >= 0.3 is 12.4 Å². The normalized spacial score (nSPS) is 18.0. The summed E-state index contributed by atoms with van der Waals surface area (Å²) in [5.74, 6) is 0. The zero-order chi connectivity index (χ0) is 11.4. The van der Waals surface area contributed by atoms with Crippen LogP contribution in [-0.2, 0) is 4.70 Å². The summed E-state index contributed by atoms with van der Waals surface area (Å²) in [6.45, 7) is 3.61. The first-order valence-corrected chi connectivity index (χ1v) is 4.21. The standard InChI is InChI=1S/C8H15N2.BO.FH/c1-10(8-4-5-9)6-2-3-7-10;1-2;/h2-4,6-8H2,1H3;;1H/q+1;;/i/hD. The average Bonchev–Trinajstić information content (AvgIpc) is 2.69. The second kappa shape index (κ2) is 7.87. The minimum absolute atomic E-state index is 0.719. The Balaban J connectivity index is 0. The quantitative estimate of drug-likeness (QED) is 0.473. The van der Waals surface area contributed by atoms with Gasteiger partial charge in [0.25, 0.3) is 1.45 Å². The molecular weight excluding hydrogens is 170 g/mol. The molecule has 0 spiro atoms. The number of likely N-dealkylation sites (tertiary alicyclic amines) is 1. The van der Waals surface area contributed by atoms with Crippen molar-refractivity contribution >= 4 is 7.72 Å². The Morgan fingerprint density at radius 1 is 1.54 bits per heavy atom. The summed E-state index contributed by atoms with van der Waals surface area (Å²) < 4.78 is 21.9. The molecule has 0 bridgehead atoms. The predicted molar refractivity (Wildman–Crippen MR) is 49.2 cm³/mol. The monoisotopic (exact) mass is 187 g/mol. The SMILES string of the molecule is C[N+]1(CCC#N)CCCC1.[2H]F.[B]=O. The van der Waals surface area contributed by atoms with Crippen molar-refractivity contribution in [1.82, 2.24) is 0 Å². The van der Waals surface area contributed by atoms with Gasteiger partial charge in [-0.25, -0.2) is 0 Å². The Morgan fingerprint density at radius 3 is 2.38 bits per heavy atom. The predicted octanol–water partition coefficient (Wildman–Crippen LogP) is 0.793. The summed E-state index contributed by atoms with van der Waals surface area (Å²) in [6.07, 6.45) is 3.42. The van der Waals surface area contributed by atoms with Crippen LogP contribution >= 0.6 is 0 Å². The van der Waals surface area contributed by atoms with Gasteiger partial charge in [0, 0.05) is 12.8 Å². The molecule has 1 aliphatic heterocycles. The van der Waals surface area contributed by atoms with Crippen molar-refractivity contribution in [3.8, 4) is 6.07 Å². The van der Waals surface area contributed by atoms with E-state index in [1.165, 1.54) is 25.9 Å². The van der Waals surface area contributed by atoms with Crippen molar-refractivity contribution in [3.63, 3.8) is 0 Å². The maximum atomic E-state index is 8.75. The van der Waals surface area contributed by atoms with Gasteiger partial charge in [-0.1, -0.05) is 0 Å². The van der Waals surface area contributed by atoms with E-state index in [0.717, 1.165) is 17.4 Å². The van der Waals surface area contributed by atoms with Crippen molar-refractivity contribution < 1.29 is 13.9 Å². The topological polar surface area (TPSA) is 40.9 Å². The van der Waals surface area contributed by atoms with Gasteiger partial charge in [-0.05, 0) is 0 Å². The molecule has 0 unspecified atom stereocenters. The summed E-state index contributed by atoms with van der Waals surface area (Å²) >= 11 is 0. The van der Waals surface area contributed by atoms with Gasteiger partial charge < -0.3 is 4.48 Å². The fraction of sp³-hybridized carbons (Fsp3) is 0.875. The number of hydrogen-bond acceptors (Lipinski definition) is 2. The van der Waals surface area contributed by atoms with E-state index in [-0.39, 0.29) is 0 Å². The third kappa shape index (κ3) is 5.48. The molecule has 13 heavy (non-hydrogen) atoms. The first-order valence-electron chi connectivity index (χ1n) is 4.59. The Kier molecular flexibility index (Phi) is 7.41. The fourth-order valence-corrected chi connectivity index (χ4v) is 1.64. The Hall–Kier alpha value is -0.755. The van der Waals surface area contributed by atoms with E-state index in [1.54, 1.807) is 0 Å². The molecule has 1 fully saturated rings. The van der Waals surface area contributed by atoms with Gasteiger partial charge in [0.1, 0.15) is 0 Å². The second-order valence-corrected chi connectivity index (χ2v) is 3.41. The molecule has 0 aliphatic carbocycles. The molecule has 1 aliphatic rings. The van der Waals surface area contributed by atoms with Crippen LogP contribution in [0.4, 0.5) is 4.72 Å². The molecule has 1 rings (SSSR count). The number of rotatable bonds is 2. The van der Waals surface area contributed by atoms with E-state index in [0.29, 0.717) is 0 Å². The van der Waals surface area contributed by atoms with Gasteiger partial charge in [0.05, 0.1) is 39.2 Å². The van der Waals surface area contributed by atoms with E-state index in [2.05, 4.69) is 22.3 Å². The molecule has 0 aromatic rings. The third-order valence-electron chi connectivity index (χ3n) is 2.41. The number of nitriles is 1. The van der Waals surface area contributed by atoms with Crippen LogP contribution in [0.15, 0.2) is 0 Å². The molecule has 1 radical (unpaired) electrons. The van der Waals surface area contributed by atoms with Crippen LogP contribution in [0, 0.1) is 11.3 Å². The third-order valence-corrected chi connectivity index (χ3v) is 2.41. The van der Waals surface area contributed by atoms with Gasteiger partial charge in [-0.2, -0.15) is 5.26 Å². The molecule has 0 aromatic heterocycles. The molecule has 0 aromatic carbocycles. The summed E-state index contributed by atoms with van der Waals surface area (Å²) in [6, 6.07) is 2.20. The molecule has 1 saturated heterocycles. The zero-order valence-electron chi connectivity index (χ0n) is 9.00. The second-order valence-electron chi connectivity index (χ2n) is 3.41. The van der Waals surface area contributed by atoms with E-state index < -0.39 is 0 Å². The fourth-order valence-electron chi connectivity index (χ4n) is 1.64. The number of halogens is 1.